The number of carbonyl (C=O) groups is 2. The molecule has 1 fully saturated rings. The molecule has 1 aliphatic heterocycles. The topological polar surface area (TPSA) is 81.9 Å². The van der Waals surface area contributed by atoms with Gasteiger partial charge in [0.2, 0.25) is 5.91 Å². The summed E-state index contributed by atoms with van der Waals surface area (Å²) in [6.45, 7) is 1.33. The van der Waals surface area contributed by atoms with Crippen LogP contribution in [0.4, 0.5) is 0 Å². The molecule has 1 rings (SSSR count). The quantitative estimate of drug-likeness (QED) is 0.554. The molecule has 0 radical (unpaired) electrons. The third-order valence-electron chi connectivity index (χ3n) is 2.07. The van der Waals surface area contributed by atoms with Crippen LogP contribution in [0, 0.1) is 0 Å². The molecule has 0 aromatic carbocycles. The van der Waals surface area contributed by atoms with Crippen LogP contribution in [-0.2, 0) is 19.1 Å². The number of primary amides is 1. The van der Waals surface area contributed by atoms with E-state index in [4.69, 9.17) is 10.5 Å². The van der Waals surface area contributed by atoms with E-state index in [1.54, 1.807) is 4.90 Å². The Labute approximate surface area is 81.9 Å². The predicted molar refractivity (Wildman–Crippen MR) is 47.4 cm³/mol. The number of hydrogen-bond acceptors (Lipinski definition) is 5. The van der Waals surface area contributed by atoms with Crippen molar-refractivity contribution in [2.75, 3.05) is 33.4 Å². The molecule has 0 aromatic heterocycles. The Morgan fingerprint density at radius 3 is 2.93 bits per heavy atom. The zero-order valence-corrected chi connectivity index (χ0v) is 8.06. The van der Waals surface area contributed by atoms with E-state index in [2.05, 4.69) is 4.74 Å². The number of morpholine rings is 1. The van der Waals surface area contributed by atoms with Gasteiger partial charge in [-0.15, -0.1) is 0 Å². The molecule has 0 spiro atoms. The number of rotatable bonds is 3. The smallest absolute Gasteiger partial charge is 0.325 e. The molecule has 6 nitrogen and oxygen atoms in total. The minimum Gasteiger partial charge on any atom is -0.468 e. The van der Waals surface area contributed by atoms with Crippen LogP contribution < -0.4 is 5.73 Å². The number of nitrogens with zero attached hydrogens (tertiary/aromatic N) is 1. The second kappa shape index (κ2) is 4.92. The summed E-state index contributed by atoms with van der Waals surface area (Å²) in [5, 5.41) is 0. The Balaban J connectivity index is 2.58. The number of ether oxygens (including phenoxy) is 2. The fourth-order valence-corrected chi connectivity index (χ4v) is 1.38. The monoisotopic (exact) mass is 202 g/mol. The lowest BCUT2D eigenvalue weighted by atomic mass is 10.2. The summed E-state index contributed by atoms with van der Waals surface area (Å²) in [6, 6.07) is -0.513. The van der Waals surface area contributed by atoms with Gasteiger partial charge >= 0.3 is 5.97 Å². The molecule has 0 bridgehead atoms. The summed E-state index contributed by atoms with van der Waals surface area (Å²) in [5.74, 6) is -0.855. The highest BCUT2D eigenvalue weighted by Crippen LogP contribution is 2.07. The lowest BCUT2D eigenvalue weighted by Gasteiger charge is -2.32. The zero-order valence-electron chi connectivity index (χ0n) is 8.06. The van der Waals surface area contributed by atoms with Crippen molar-refractivity contribution in [2.45, 2.75) is 6.04 Å². The molecule has 1 heterocycles. The molecular formula is C8H14N2O4. The maximum atomic E-state index is 11.3. The third kappa shape index (κ3) is 2.68. The van der Waals surface area contributed by atoms with Crippen molar-refractivity contribution in [3.63, 3.8) is 0 Å². The summed E-state index contributed by atoms with van der Waals surface area (Å²) < 4.78 is 9.71. The van der Waals surface area contributed by atoms with Gasteiger partial charge in [-0.05, 0) is 0 Å². The summed E-state index contributed by atoms with van der Waals surface area (Å²) in [5.41, 5.74) is 5.05. The average molecular weight is 202 g/mol. The van der Waals surface area contributed by atoms with Crippen molar-refractivity contribution in [2.24, 2.45) is 5.73 Å². The van der Waals surface area contributed by atoms with E-state index in [1.165, 1.54) is 7.11 Å². The molecule has 14 heavy (non-hydrogen) atoms. The highest BCUT2D eigenvalue weighted by atomic mass is 16.5. The van der Waals surface area contributed by atoms with Gasteiger partial charge in [0.25, 0.3) is 0 Å². The Bertz CT molecular complexity index is 231. The average Bonchev–Trinajstić information content (AvgIpc) is 2.16. The van der Waals surface area contributed by atoms with Crippen molar-refractivity contribution in [3.8, 4) is 0 Å². The fourth-order valence-electron chi connectivity index (χ4n) is 1.38. The summed E-state index contributed by atoms with van der Waals surface area (Å²) >= 11 is 0. The van der Waals surface area contributed by atoms with Gasteiger partial charge in [-0.3, -0.25) is 14.5 Å². The Morgan fingerprint density at radius 1 is 1.64 bits per heavy atom. The van der Waals surface area contributed by atoms with Crippen molar-refractivity contribution in [1.82, 2.24) is 4.90 Å². The molecule has 0 aliphatic carbocycles. The lowest BCUT2D eigenvalue weighted by Crippen LogP contribution is -2.52. The highest BCUT2D eigenvalue weighted by molar-refractivity contribution is 5.79. The van der Waals surface area contributed by atoms with E-state index in [9.17, 15) is 9.59 Å². The second-order valence-electron chi connectivity index (χ2n) is 3.05. The summed E-state index contributed by atoms with van der Waals surface area (Å²) in [7, 11) is 1.30. The van der Waals surface area contributed by atoms with E-state index in [0.29, 0.717) is 13.2 Å². The predicted octanol–water partition coefficient (Wildman–Crippen LogP) is -1.65. The maximum Gasteiger partial charge on any atom is 0.325 e. The van der Waals surface area contributed by atoms with Gasteiger partial charge in [0.1, 0.15) is 6.04 Å². The van der Waals surface area contributed by atoms with Crippen molar-refractivity contribution in [3.05, 3.63) is 0 Å². The Morgan fingerprint density at radius 2 is 2.36 bits per heavy atom. The molecule has 80 valence electrons. The molecule has 2 N–H and O–H groups in total. The van der Waals surface area contributed by atoms with Gasteiger partial charge in [-0.2, -0.15) is 0 Å². The van der Waals surface area contributed by atoms with E-state index < -0.39 is 17.9 Å². The van der Waals surface area contributed by atoms with Crippen LogP contribution in [0.15, 0.2) is 0 Å². The first-order valence-electron chi connectivity index (χ1n) is 4.33. The van der Waals surface area contributed by atoms with Crippen LogP contribution >= 0.6 is 0 Å². The van der Waals surface area contributed by atoms with E-state index in [1.807, 2.05) is 0 Å². The maximum absolute atomic E-state index is 11.3. The first-order chi connectivity index (χ1) is 6.65. The molecule has 0 saturated carbocycles. The van der Waals surface area contributed by atoms with Crippen LogP contribution in [-0.4, -0.2) is 56.2 Å². The van der Waals surface area contributed by atoms with Gasteiger partial charge in [0.05, 0.1) is 26.9 Å². The van der Waals surface area contributed by atoms with Gasteiger partial charge < -0.3 is 15.2 Å². The highest BCUT2D eigenvalue weighted by Gasteiger charge is 2.30. The van der Waals surface area contributed by atoms with Crippen LogP contribution in [0.3, 0.4) is 0 Å². The summed E-state index contributed by atoms with van der Waals surface area (Å²) in [4.78, 5) is 23.6. The standard InChI is InChI=1S/C8H14N2O4/c1-13-8(12)6-5-14-3-2-10(6)4-7(9)11/h6H,2-5H2,1H3,(H2,9,11). The number of nitrogens with two attached hydrogens (primary N) is 1. The van der Waals surface area contributed by atoms with Crippen molar-refractivity contribution in [1.29, 1.82) is 0 Å². The molecule has 1 amide bonds. The van der Waals surface area contributed by atoms with E-state index >= 15 is 0 Å². The SMILES string of the molecule is COC(=O)C1COCCN1CC(N)=O. The second-order valence-corrected chi connectivity index (χ2v) is 3.05. The Kier molecular flexibility index (Phi) is 3.84. The number of amides is 1. The molecule has 1 atom stereocenters. The molecular weight excluding hydrogens is 188 g/mol. The van der Waals surface area contributed by atoms with Crippen LogP contribution in [0.2, 0.25) is 0 Å². The zero-order chi connectivity index (χ0) is 10.6. The molecule has 1 saturated heterocycles. The molecule has 1 unspecified atom stereocenters. The first kappa shape index (κ1) is 10.9. The van der Waals surface area contributed by atoms with Crippen LogP contribution in [0.1, 0.15) is 0 Å². The van der Waals surface area contributed by atoms with Crippen molar-refractivity contribution >= 4 is 11.9 Å². The van der Waals surface area contributed by atoms with Crippen molar-refractivity contribution < 1.29 is 19.1 Å². The Hall–Kier alpha value is -1.14. The third-order valence-corrected chi connectivity index (χ3v) is 2.07. The van der Waals surface area contributed by atoms with Gasteiger partial charge in [-0.25, -0.2) is 0 Å². The summed E-state index contributed by atoms with van der Waals surface area (Å²) in [6.07, 6.45) is 0. The molecule has 1 aliphatic rings. The minimum absolute atomic E-state index is 0.0587. The fraction of sp³-hybridized carbons (Fsp3) is 0.750. The first-order valence-corrected chi connectivity index (χ1v) is 4.33. The molecule has 6 heteroatoms. The van der Waals surface area contributed by atoms with Gasteiger partial charge in [-0.1, -0.05) is 0 Å². The largest absolute Gasteiger partial charge is 0.468 e. The van der Waals surface area contributed by atoms with E-state index in [0.717, 1.165) is 0 Å². The number of methoxy groups -OCH3 is 1. The van der Waals surface area contributed by atoms with Gasteiger partial charge in [0, 0.05) is 6.54 Å². The normalized spacial score (nSPS) is 23.1. The number of esters is 1. The molecule has 0 aromatic rings. The van der Waals surface area contributed by atoms with Crippen LogP contribution in [0.5, 0.6) is 0 Å². The van der Waals surface area contributed by atoms with E-state index in [-0.39, 0.29) is 13.2 Å². The van der Waals surface area contributed by atoms with Gasteiger partial charge in [0.15, 0.2) is 0 Å². The number of carbonyl (C=O) groups excluding carboxylic acids is 2. The minimum atomic E-state index is -0.513. The number of hydrogen-bond donors (Lipinski definition) is 1. The lowest BCUT2D eigenvalue weighted by molar-refractivity contribution is -0.153. The van der Waals surface area contributed by atoms with Crippen LogP contribution in [0.25, 0.3) is 0 Å².